The minimum absolute atomic E-state index is 0.424. The largest absolute Gasteiger partial charge is 0.443 e. The highest BCUT2D eigenvalue weighted by Gasteiger charge is 2.18. The number of carbonyl (C=O) groups excluding carboxylic acids is 1. The lowest BCUT2D eigenvalue weighted by Gasteiger charge is -2.20. The molecule has 2 N–H and O–H groups in total. The SMILES string of the molecule is CC(C)(CI)OC(N)=O. The quantitative estimate of drug-likeness (QED) is 0.587. The second-order valence-electron chi connectivity index (χ2n) is 2.31. The van der Waals surface area contributed by atoms with Gasteiger partial charge in [0, 0.05) is 4.43 Å². The molecule has 9 heavy (non-hydrogen) atoms. The van der Waals surface area contributed by atoms with Crippen LogP contribution in [0, 0.1) is 0 Å². The second-order valence-corrected chi connectivity index (χ2v) is 3.08. The molecule has 0 radical (unpaired) electrons. The monoisotopic (exact) mass is 243 g/mol. The number of nitrogens with two attached hydrogens (primary N) is 1. The van der Waals surface area contributed by atoms with E-state index in [0.717, 1.165) is 4.43 Å². The molecule has 0 aromatic rings. The van der Waals surface area contributed by atoms with E-state index in [-0.39, 0.29) is 0 Å². The van der Waals surface area contributed by atoms with Gasteiger partial charge in [0.05, 0.1) is 0 Å². The molecule has 1 amide bonds. The topological polar surface area (TPSA) is 52.3 Å². The van der Waals surface area contributed by atoms with Crippen LogP contribution in [-0.4, -0.2) is 16.1 Å². The fourth-order valence-electron chi connectivity index (χ4n) is 0.300. The maximum absolute atomic E-state index is 10.2. The Bertz CT molecular complexity index is 114. The highest BCUT2D eigenvalue weighted by Crippen LogP contribution is 2.11. The molecule has 0 rings (SSSR count). The Hall–Kier alpha value is 0. The number of halogens is 1. The minimum atomic E-state index is -0.711. The van der Waals surface area contributed by atoms with E-state index in [1.54, 1.807) is 0 Å². The van der Waals surface area contributed by atoms with Gasteiger partial charge < -0.3 is 10.5 Å². The number of alkyl halides is 1. The van der Waals surface area contributed by atoms with Gasteiger partial charge in [0.15, 0.2) is 0 Å². The van der Waals surface area contributed by atoms with E-state index in [0.29, 0.717) is 0 Å². The van der Waals surface area contributed by atoms with Gasteiger partial charge in [-0.2, -0.15) is 0 Å². The number of rotatable bonds is 2. The fraction of sp³-hybridized carbons (Fsp3) is 0.800. The molecule has 0 aliphatic rings. The van der Waals surface area contributed by atoms with Crippen molar-refractivity contribution < 1.29 is 9.53 Å². The van der Waals surface area contributed by atoms with Crippen LogP contribution in [0.4, 0.5) is 4.79 Å². The summed E-state index contributed by atoms with van der Waals surface area (Å²) < 4.78 is 5.46. The molecule has 54 valence electrons. The number of ether oxygens (including phenoxy) is 1. The highest BCUT2D eigenvalue weighted by atomic mass is 127. The Morgan fingerprint density at radius 2 is 2.22 bits per heavy atom. The molecule has 0 saturated heterocycles. The molecular weight excluding hydrogens is 233 g/mol. The summed E-state index contributed by atoms with van der Waals surface area (Å²) in [5, 5.41) is 0. The third kappa shape index (κ3) is 4.50. The summed E-state index contributed by atoms with van der Waals surface area (Å²) in [6, 6.07) is 0. The van der Waals surface area contributed by atoms with E-state index in [4.69, 9.17) is 10.5 Å². The number of hydrogen-bond acceptors (Lipinski definition) is 2. The van der Waals surface area contributed by atoms with Crippen molar-refractivity contribution in [3.8, 4) is 0 Å². The Labute approximate surface area is 68.1 Å². The first kappa shape index (κ1) is 9.00. The van der Waals surface area contributed by atoms with Crippen LogP contribution in [0.25, 0.3) is 0 Å². The van der Waals surface area contributed by atoms with Gasteiger partial charge in [0.25, 0.3) is 0 Å². The Kier molecular flexibility index (Phi) is 3.24. The number of hydrogen-bond donors (Lipinski definition) is 1. The molecule has 0 aromatic carbocycles. The summed E-state index contributed by atoms with van der Waals surface area (Å²) >= 11 is 2.13. The van der Waals surface area contributed by atoms with Crippen molar-refractivity contribution in [2.45, 2.75) is 19.4 Å². The molecular formula is C5H10INO2. The van der Waals surface area contributed by atoms with Crippen molar-refractivity contribution in [2.24, 2.45) is 5.73 Å². The Morgan fingerprint density at radius 3 is 2.33 bits per heavy atom. The van der Waals surface area contributed by atoms with Gasteiger partial charge in [0.1, 0.15) is 5.60 Å². The summed E-state index contributed by atoms with van der Waals surface area (Å²) in [4.78, 5) is 10.2. The standard InChI is InChI=1S/C5H10INO2/c1-5(2,3-6)9-4(7)8/h3H2,1-2H3,(H2,7,8). The summed E-state index contributed by atoms with van der Waals surface area (Å²) in [6.07, 6.45) is -0.711. The maximum Gasteiger partial charge on any atom is 0.405 e. The molecule has 0 fully saturated rings. The molecule has 0 spiro atoms. The predicted molar refractivity (Wildman–Crippen MR) is 43.6 cm³/mol. The van der Waals surface area contributed by atoms with Gasteiger partial charge in [-0.1, -0.05) is 22.6 Å². The van der Waals surface area contributed by atoms with E-state index < -0.39 is 11.7 Å². The zero-order chi connectivity index (χ0) is 7.49. The summed E-state index contributed by atoms with van der Waals surface area (Å²) in [5.41, 5.74) is 4.37. The molecule has 0 aliphatic heterocycles. The van der Waals surface area contributed by atoms with E-state index in [1.165, 1.54) is 0 Å². The van der Waals surface area contributed by atoms with Crippen molar-refractivity contribution in [2.75, 3.05) is 4.43 Å². The van der Waals surface area contributed by atoms with Crippen LogP contribution in [0.3, 0.4) is 0 Å². The minimum Gasteiger partial charge on any atom is -0.443 e. The highest BCUT2D eigenvalue weighted by molar-refractivity contribution is 14.1. The van der Waals surface area contributed by atoms with Gasteiger partial charge >= 0.3 is 6.09 Å². The van der Waals surface area contributed by atoms with Crippen molar-refractivity contribution in [1.29, 1.82) is 0 Å². The third-order valence-corrected chi connectivity index (χ3v) is 2.54. The van der Waals surface area contributed by atoms with Gasteiger partial charge in [-0.25, -0.2) is 4.79 Å². The molecule has 0 saturated carbocycles. The molecule has 0 heterocycles. The molecule has 0 atom stereocenters. The van der Waals surface area contributed by atoms with Crippen LogP contribution in [0.1, 0.15) is 13.8 Å². The zero-order valence-corrected chi connectivity index (χ0v) is 7.64. The van der Waals surface area contributed by atoms with E-state index in [9.17, 15) is 4.79 Å². The smallest absolute Gasteiger partial charge is 0.405 e. The lowest BCUT2D eigenvalue weighted by Crippen LogP contribution is -2.32. The van der Waals surface area contributed by atoms with Gasteiger partial charge in [-0.3, -0.25) is 0 Å². The van der Waals surface area contributed by atoms with E-state index in [2.05, 4.69) is 22.6 Å². The lowest BCUT2D eigenvalue weighted by molar-refractivity contribution is 0.0655. The normalized spacial score (nSPS) is 11.0. The molecule has 0 unspecified atom stereocenters. The third-order valence-electron chi connectivity index (χ3n) is 0.699. The van der Waals surface area contributed by atoms with Crippen molar-refractivity contribution >= 4 is 28.7 Å². The second kappa shape index (κ2) is 3.24. The van der Waals surface area contributed by atoms with Gasteiger partial charge in [0.2, 0.25) is 0 Å². The molecule has 0 aliphatic carbocycles. The van der Waals surface area contributed by atoms with Crippen LogP contribution < -0.4 is 5.73 Å². The van der Waals surface area contributed by atoms with Crippen LogP contribution in [-0.2, 0) is 4.74 Å². The van der Waals surface area contributed by atoms with E-state index in [1.807, 2.05) is 13.8 Å². The van der Waals surface area contributed by atoms with Crippen LogP contribution in [0.15, 0.2) is 0 Å². The summed E-state index contributed by atoms with van der Waals surface area (Å²) in [7, 11) is 0. The van der Waals surface area contributed by atoms with Gasteiger partial charge in [-0.05, 0) is 13.8 Å². The molecule has 4 heteroatoms. The zero-order valence-electron chi connectivity index (χ0n) is 5.48. The summed E-state index contributed by atoms with van der Waals surface area (Å²) in [5.74, 6) is 0. The van der Waals surface area contributed by atoms with E-state index >= 15 is 0 Å². The predicted octanol–water partition coefficient (Wildman–Crippen LogP) is 1.30. The van der Waals surface area contributed by atoms with Crippen molar-refractivity contribution in [3.63, 3.8) is 0 Å². The summed E-state index contributed by atoms with van der Waals surface area (Å²) in [6.45, 7) is 3.62. The van der Waals surface area contributed by atoms with Crippen LogP contribution in [0.2, 0.25) is 0 Å². The first-order valence-electron chi connectivity index (χ1n) is 2.52. The average Bonchev–Trinajstić information content (AvgIpc) is 1.63. The van der Waals surface area contributed by atoms with Crippen LogP contribution in [0.5, 0.6) is 0 Å². The fourth-order valence-corrected chi connectivity index (χ4v) is 0.455. The Morgan fingerprint density at radius 1 is 1.78 bits per heavy atom. The number of amides is 1. The Balaban J connectivity index is 3.71. The maximum atomic E-state index is 10.2. The number of primary amides is 1. The van der Waals surface area contributed by atoms with Crippen molar-refractivity contribution in [3.05, 3.63) is 0 Å². The average molecular weight is 243 g/mol. The van der Waals surface area contributed by atoms with Gasteiger partial charge in [-0.15, -0.1) is 0 Å². The molecule has 0 aromatic heterocycles. The van der Waals surface area contributed by atoms with Crippen LogP contribution >= 0.6 is 22.6 Å². The first-order valence-corrected chi connectivity index (χ1v) is 4.05. The molecule has 3 nitrogen and oxygen atoms in total. The van der Waals surface area contributed by atoms with Crippen molar-refractivity contribution in [1.82, 2.24) is 0 Å². The lowest BCUT2D eigenvalue weighted by atomic mass is 10.2. The first-order chi connectivity index (χ1) is 3.98. The number of carbonyl (C=O) groups is 1. The molecule has 0 bridgehead atoms.